The van der Waals surface area contributed by atoms with Crippen LogP contribution < -0.4 is 21.9 Å². The van der Waals surface area contributed by atoms with E-state index in [4.69, 9.17) is 16.8 Å². The van der Waals surface area contributed by atoms with Crippen LogP contribution in [0.3, 0.4) is 0 Å². The number of rotatable bonds is 5. The van der Waals surface area contributed by atoms with Crippen LogP contribution in [0.4, 0.5) is 21.5 Å². The fourth-order valence-corrected chi connectivity index (χ4v) is 2.99. The van der Waals surface area contributed by atoms with Gasteiger partial charge in [-0.2, -0.15) is 5.26 Å². The lowest BCUT2D eigenvalue weighted by Gasteiger charge is -2.29. The van der Waals surface area contributed by atoms with Crippen LogP contribution in [-0.4, -0.2) is 6.54 Å². The van der Waals surface area contributed by atoms with Gasteiger partial charge in [0.15, 0.2) is 0 Å². The third kappa shape index (κ3) is 4.87. The summed E-state index contributed by atoms with van der Waals surface area (Å²) in [5, 5.41) is 13.6. The van der Waals surface area contributed by atoms with Crippen molar-refractivity contribution in [2.75, 3.05) is 22.6 Å². The number of hydrogen-bond acceptors (Lipinski definition) is 5. The largest absolute Gasteiger partial charge is 0.396 e. The Labute approximate surface area is 161 Å². The zero-order valence-corrected chi connectivity index (χ0v) is 16.7. The molecule has 5 N–H and O–H groups in total. The number of nitrogens with one attached hydrogen (secondary N) is 1. The molecule has 2 aromatic carbocycles. The summed E-state index contributed by atoms with van der Waals surface area (Å²) < 4.78 is 14.7. The van der Waals surface area contributed by atoms with E-state index in [1.807, 2.05) is 18.2 Å². The Morgan fingerprint density at radius 3 is 2.54 bits per heavy atom. The Kier molecular flexibility index (Phi) is 6.11. The van der Waals surface area contributed by atoms with E-state index in [-0.39, 0.29) is 12.0 Å². The topological polar surface area (TPSA) is 91.1 Å². The van der Waals surface area contributed by atoms with Crippen LogP contribution >= 0.6 is 15.9 Å². The van der Waals surface area contributed by atoms with Gasteiger partial charge in [0.2, 0.25) is 0 Å². The summed E-state index contributed by atoms with van der Waals surface area (Å²) >= 11 is 3.49. The van der Waals surface area contributed by atoms with E-state index in [1.54, 1.807) is 17.1 Å². The number of nitrogen functional groups attached to an aromatic ring is 1. The van der Waals surface area contributed by atoms with Gasteiger partial charge in [0.25, 0.3) is 0 Å². The molecule has 2 aromatic rings. The molecule has 0 saturated carbocycles. The van der Waals surface area contributed by atoms with Gasteiger partial charge in [-0.15, -0.1) is 0 Å². The van der Waals surface area contributed by atoms with Crippen LogP contribution in [0.1, 0.15) is 31.9 Å². The molecule has 0 unspecified atom stereocenters. The maximum absolute atomic E-state index is 14.0. The molecule has 0 bridgehead atoms. The molecule has 0 aliphatic heterocycles. The fraction of sp³-hybridized carbons (Fsp3) is 0.316. The van der Waals surface area contributed by atoms with Gasteiger partial charge in [-0.05, 0) is 45.6 Å². The van der Waals surface area contributed by atoms with Crippen molar-refractivity contribution >= 4 is 33.0 Å². The van der Waals surface area contributed by atoms with Crippen LogP contribution in [0.15, 0.2) is 34.8 Å². The predicted molar refractivity (Wildman–Crippen MR) is 108 cm³/mol. The highest BCUT2D eigenvalue weighted by Gasteiger charge is 2.18. The quantitative estimate of drug-likeness (QED) is 0.379. The molecule has 0 atom stereocenters. The van der Waals surface area contributed by atoms with E-state index in [0.29, 0.717) is 27.8 Å². The number of anilines is 3. The summed E-state index contributed by atoms with van der Waals surface area (Å²) in [5.74, 6) is 5.73. The van der Waals surface area contributed by atoms with Gasteiger partial charge in [-0.3, -0.25) is 0 Å². The molecule has 0 fully saturated rings. The van der Waals surface area contributed by atoms with Crippen molar-refractivity contribution in [2.24, 2.45) is 11.3 Å². The molecule has 0 saturated heterocycles. The minimum absolute atomic E-state index is 0.0255. The highest BCUT2D eigenvalue weighted by Crippen LogP contribution is 2.36. The molecule has 2 rings (SSSR count). The molecule has 0 aromatic heterocycles. The predicted octanol–water partition coefficient (Wildman–Crippen LogP) is 4.38. The molecular formula is C19H23BrFN5. The second-order valence-corrected chi connectivity index (χ2v) is 8.11. The normalized spacial score (nSPS) is 11.1. The van der Waals surface area contributed by atoms with Crippen molar-refractivity contribution in [3.05, 3.63) is 51.7 Å². The van der Waals surface area contributed by atoms with Gasteiger partial charge in [0.05, 0.1) is 33.2 Å². The standard InChI is InChI=1S/C19H23BrFN5/c1-19(2,3)11-26(24)16-7-6-15(17(20)18(16)23)25-10-13-5-4-12(9-22)8-14(13)21/h4-8,25H,10-11,23-24H2,1-3H3. The number of hydrogen-bond donors (Lipinski definition) is 3. The first-order valence-corrected chi connectivity index (χ1v) is 8.94. The second-order valence-electron chi connectivity index (χ2n) is 7.32. The minimum atomic E-state index is -0.421. The Morgan fingerprint density at radius 2 is 1.96 bits per heavy atom. The van der Waals surface area contributed by atoms with Crippen LogP contribution in [0.5, 0.6) is 0 Å². The molecule has 0 amide bonds. The van der Waals surface area contributed by atoms with Gasteiger partial charge in [0.1, 0.15) is 5.82 Å². The molecule has 0 aliphatic carbocycles. The molecule has 0 aliphatic rings. The summed E-state index contributed by atoms with van der Waals surface area (Å²) in [6, 6.07) is 10.0. The lowest BCUT2D eigenvalue weighted by Crippen LogP contribution is -2.38. The van der Waals surface area contributed by atoms with E-state index in [1.165, 1.54) is 6.07 Å². The Morgan fingerprint density at radius 1 is 1.27 bits per heavy atom. The minimum Gasteiger partial charge on any atom is -0.396 e. The molecule has 0 radical (unpaired) electrons. The van der Waals surface area contributed by atoms with E-state index in [9.17, 15) is 4.39 Å². The second kappa shape index (κ2) is 7.94. The molecule has 0 heterocycles. The smallest absolute Gasteiger partial charge is 0.129 e. The lowest BCUT2D eigenvalue weighted by atomic mass is 9.96. The Bertz CT molecular complexity index is 839. The fourth-order valence-electron chi connectivity index (χ4n) is 2.52. The van der Waals surface area contributed by atoms with Crippen molar-refractivity contribution in [3.8, 4) is 6.07 Å². The van der Waals surface area contributed by atoms with Crippen LogP contribution in [0.2, 0.25) is 0 Å². The summed E-state index contributed by atoms with van der Waals surface area (Å²) in [7, 11) is 0. The Balaban J connectivity index is 2.17. The molecular weight excluding hydrogens is 397 g/mol. The van der Waals surface area contributed by atoms with Crippen LogP contribution in [-0.2, 0) is 6.54 Å². The molecule has 0 spiro atoms. The van der Waals surface area contributed by atoms with E-state index < -0.39 is 5.82 Å². The third-order valence-corrected chi connectivity index (χ3v) is 4.62. The van der Waals surface area contributed by atoms with Gasteiger partial charge in [-0.1, -0.05) is 26.8 Å². The van der Waals surface area contributed by atoms with Crippen molar-refractivity contribution in [1.29, 1.82) is 5.26 Å². The molecule has 138 valence electrons. The number of hydrazine groups is 1. The van der Waals surface area contributed by atoms with Gasteiger partial charge in [0, 0.05) is 18.7 Å². The van der Waals surface area contributed by atoms with Gasteiger partial charge in [-0.25, -0.2) is 10.2 Å². The molecule has 26 heavy (non-hydrogen) atoms. The first-order chi connectivity index (χ1) is 12.1. The van der Waals surface area contributed by atoms with Crippen molar-refractivity contribution in [1.82, 2.24) is 0 Å². The van der Waals surface area contributed by atoms with Crippen molar-refractivity contribution in [2.45, 2.75) is 27.3 Å². The highest BCUT2D eigenvalue weighted by atomic mass is 79.9. The van der Waals surface area contributed by atoms with Crippen molar-refractivity contribution in [3.63, 3.8) is 0 Å². The number of nitriles is 1. The number of halogens is 2. The van der Waals surface area contributed by atoms with Gasteiger partial charge < -0.3 is 16.1 Å². The lowest BCUT2D eigenvalue weighted by molar-refractivity contribution is 0.412. The first-order valence-electron chi connectivity index (χ1n) is 8.15. The monoisotopic (exact) mass is 419 g/mol. The van der Waals surface area contributed by atoms with Crippen LogP contribution in [0, 0.1) is 22.6 Å². The average molecular weight is 420 g/mol. The summed E-state index contributed by atoms with van der Waals surface area (Å²) in [4.78, 5) is 0. The number of nitrogens with zero attached hydrogens (tertiary/aromatic N) is 2. The molecule has 5 nitrogen and oxygen atoms in total. The van der Waals surface area contributed by atoms with E-state index in [2.05, 4.69) is 42.0 Å². The summed E-state index contributed by atoms with van der Waals surface area (Å²) in [6.45, 7) is 7.20. The number of benzene rings is 2. The summed E-state index contributed by atoms with van der Waals surface area (Å²) in [6.07, 6.45) is 0. The first kappa shape index (κ1) is 20.0. The maximum atomic E-state index is 14.0. The van der Waals surface area contributed by atoms with Crippen molar-refractivity contribution < 1.29 is 4.39 Å². The summed E-state index contributed by atoms with van der Waals surface area (Å²) in [5.41, 5.74) is 8.98. The highest BCUT2D eigenvalue weighted by molar-refractivity contribution is 9.10. The van der Waals surface area contributed by atoms with Gasteiger partial charge >= 0.3 is 0 Å². The van der Waals surface area contributed by atoms with Crippen LogP contribution in [0.25, 0.3) is 0 Å². The number of nitrogens with two attached hydrogens (primary N) is 2. The zero-order valence-electron chi connectivity index (χ0n) is 15.1. The van der Waals surface area contributed by atoms with E-state index in [0.717, 1.165) is 11.4 Å². The average Bonchev–Trinajstić information content (AvgIpc) is 2.55. The SMILES string of the molecule is CC(C)(C)CN(N)c1ccc(NCc2ccc(C#N)cc2F)c(Br)c1N. The molecule has 7 heteroatoms. The van der Waals surface area contributed by atoms with E-state index >= 15 is 0 Å². The zero-order chi connectivity index (χ0) is 19.5. The maximum Gasteiger partial charge on any atom is 0.129 e. The third-order valence-electron chi connectivity index (χ3n) is 3.76. The Hall–Kier alpha value is -2.30.